The highest BCUT2D eigenvalue weighted by Gasteiger charge is 2.31. The van der Waals surface area contributed by atoms with Gasteiger partial charge in [0.05, 0.1) is 5.60 Å². The SMILES string of the molecule is CC(C)(CCc1ccccc1)NCC1(O)CCCCC1. The van der Waals surface area contributed by atoms with E-state index in [0.717, 1.165) is 32.2 Å². The quantitative estimate of drug-likeness (QED) is 0.830. The zero-order valence-electron chi connectivity index (χ0n) is 13.0. The average molecular weight is 275 g/mol. The molecule has 2 N–H and O–H groups in total. The molecule has 0 saturated heterocycles. The molecule has 1 aromatic rings. The Morgan fingerprint density at radius 1 is 1.10 bits per heavy atom. The van der Waals surface area contributed by atoms with Crippen LogP contribution in [0.4, 0.5) is 0 Å². The second-order valence-electron chi connectivity index (χ2n) is 7.01. The lowest BCUT2D eigenvalue weighted by Crippen LogP contribution is -2.50. The monoisotopic (exact) mass is 275 g/mol. The van der Waals surface area contributed by atoms with Crippen LogP contribution >= 0.6 is 0 Å². The van der Waals surface area contributed by atoms with Crippen molar-refractivity contribution in [1.82, 2.24) is 5.32 Å². The number of hydrogen-bond donors (Lipinski definition) is 2. The van der Waals surface area contributed by atoms with Crippen LogP contribution in [0.15, 0.2) is 30.3 Å². The number of nitrogens with one attached hydrogen (secondary N) is 1. The van der Waals surface area contributed by atoms with Crippen LogP contribution in [0, 0.1) is 0 Å². The normalized spacial score (nSPS) is 18.9. The molecule has 1 aliphatic carbocycles. The van der Waals surface area contributed by atoms with E-state index < -0.39 is 5.60 Å². The van der Waals surface area contributed by atoms with E-state index in [-0.39, 0.29) is 5.54 Å². The van der Waals surface area contributed by atoms with Crippen LogP contribution in [0.3, 0.4) is 0 Å². The van der Waals surface area contributed by atoms with Crippen LogP contribution in [0.25, 0.3) is 0 Å². The van der Waals surface area contributed by atoms with Gasteiger partial charge < -0.3 is 10.4 Å². The van der Waals surface area contributed by atoms with Gasteiger partial charge in [-0.3, -0.25) is 0 Å². The van der Waals surface area contributed by atoms with Crippen LogP contribution < -0.4 is 5.32 Å². The van der Waals surface area contributed by atoms with Gasteiger partial charge in [-0.2, -0.15) is 0 Å². The molecule has 0 unspecified atom stereocenters. The van der Waals surface area contributed by atoms with Gasteiger partial charge in [0.1, 0.15) is 0 Å². The molecule has 0 heterocycles. The Morgan fingerprint density at radius 2 is 1.75 bits per heavy atom. The van der Waals surface area contributed by atoms with Gasteiger partial charge in [-0.25, -0.2) is 0 Å². The van der Waals surface area contributed by atoms with Gasteiger partial charge in [-0.05, 0) is 45.1 Å². The fraction of sp³-hybridized carbons (Fsp3) is 0.667. The van der Waals surface area contributed by atoms with Crippen molar-refractivity contribution in [3.05, 3.63) is 35.9 Å². The summed E-state index contributed by atoms with van der Waals surface area (Å²) in [6.07, 6.45) is 7.70. The summed E-state index contributed by atoms with van der Waals surface area (Å²) in [4.78, 5) is 0. The molecular formula is C18H29NO. The summed E-state index contributed by atoms with van der Waals surface area (Å²) in [7, 11) is 0. The summed E-state index contributed by atoms with van der Waals surface area (Å²) in [6.45, 7) is 5.21. The number of benzene rings is 1. The zero-order valence-corrected chi connectivity index (χ0v) is 13.0. The van der Waals surface area contributed by atoms with Crippen LogP contribution in [-0.4, -0.2) is 22.8 Å². The first kappa shape index (κ1) is 15.5. The van der Waals surface area contributed by atoms with E-state index in [1.807, 2.05) is 0 Å². The third-order valence-corrected chi connectivity index (χ3v) is 4.56. The molecule has 0 amide bonds. The van der Waals surface area contributed by atoms with Crippen molar-refractivity contribution in [3.8, 4) is 0 Å². The Labute approximate surface area is 123 Å². The average Bonchev–Trinajstić information content (AvgIpc) is 2.46. The molecule has 112 valence electrons. The van der Waals surface area contributed by atoms with Crippen LogP contribution in [0.1, 0.15) is 57.9 Å². The molecule has 0 radical (unpaired) electrons. The van der Waals surface area contributed by atoms with Gasteiger partial charge >= 0.3 is 0 Å². The molecule has 0 atom stereocenters. The Kier molecular flexibility index (Phi) is 5.22. The maximum atomic E-state index is 10.6. The molecule has 1 saturated carbocycles. The van der Waals surface area contributed by atoms with Gasteiger partial charge in [0.2, 0.25) is 0 Å². The molecule has 0 bridgehead atoms. The lowest BCUT2D eigenvalue weighted by Gasteiger charge is -2.36. The van der Waals surface area contributed by atoms with E-state index in [1.165, 1.54) is 24.8 Å². The van der Waals surface area contributed by atoms with E-state index in [9.17, 15) is 5.11 Å². The minimum absolute atomic E-state index is 0.0724. The fourth-order valence-corrected chi connectivity index (χ4v) is 2.98. The third kappa shape index (κ3) is 4.92. The summed E-state index contributed by atoms with van der Waals surface area (Å²) >= 11 is 0. The Morgan fingerprint density at radius 3 is 2.40 bits per heavy atom. The number of hydrogen-bond acceptors (Lipinski definition) is 2. The maximum Gasteiger partial charge on any atom is 0.0771 e. The van der Waals surface area contributed by atoms with Crippen molar-refractivity contribution in [3.63, 3.8) is 0 Å². The molecule has 1 aromatic carbocycles. The second-order valence-corrected chi connectivity index (χ2v) is 7.01. The van der Waals surface area contributed by atoms with Crippen LogP contribution in [0.5, 0.6) is 0 Å². The van der Waals surface area contributed by atoms with E-state index >= 15 is 0 Å². The van der Waals surface area contributed by atoms with Gasteiger partial charge in [-0.1, -0.05) is 49.6 Å². The van der Waals surface area contributed by atoms with Crippen molar-refractivity contribution in [2.24, 2.45) is 0 Å². The maximum absolute atomic E-state index is 10.6. The van der Waals surface area contributed by atoms with Crippen molar-refractivity contribution < 1.29 is 5.11 Å². The Hall–Kier alpha value is -0.860. The lowest BCUT2D eigenvalue weighted by molar-refractivity contribution is -0.00101. The van der Waals surface area contributed by atoms with Gasteiger partial charge in [0.25, 0.3) is 0 Å². The van der Waals surface area contributed by atoms with Gasteiger partial charge in [0.15, 0.2) is 0 Å². The van der Waals surface area contributed by atoms with Crippen molar-refractivity contribution in [2.45, 2.75) is 69.9 Å². The standard InChI is InChI=1S/C18H29NO/c1-17(2,14-11-16-9-5-3-6-10-16)19-15-18(20)12-7-4-8-13-18/h3,5-6,9-10,19-20H,4,7-8,11-15H2,1-2H3. The molecule has 2 rings (SSSR count). The predicted molar refractivity (Wildman–Crippen MR) is 84.9 cm³/mol. The van der Waals surface area contributed by atoms with Crippen LogP contribution in [-0.2, 0) is 6.42 Å². The number of aliphatic hydroxyl groups is 1. The highest BCUT2D eigenvalue weighted by atomic mass is 16.3. The molecule has 0 aromatic heterocycles. The van der Waals surface area contributed by atoms with Gasteiger partial charge in [0, 0.05) is 12.1 Å². The summed E-state index contributed by atoms with van der Waals surface area (Å²) in [5.41, 5.74) is 0.990. The molecule has 0 spiro atoms. The highest BCUT2D eigenvalue weighted by Crippen LogP contribution is 2.28. The molecule has 1 aliphatic rings. The van der Waals surface area contributed by atoms with Gasteiger partial charge in [-0.15, -0.1) is 0 Å². The minimum Gasteiger partial charge on any atom is -0.389 e. The van der Waals surface area contributed by atoms with E-state index in [0.29, 0.717) is 0 Å². The Balaban J connectivity index is 1.78. The second kappa shape index (κ2) is 6.73. The van der Waals surface area contributed by atoms with Crippen LogP contribution in [0.2, 0.25) is 0 Å². The number of β-amino-alcohol motifs (C(OH)–C–C–N with tert-alkyl or cyclic N) is 1. The molecule has 1 fully saturated rings. The largest absolute Gasteiger partial charge is 0.389 e. The number of rotatable bonds is 6. The first-order valence-electron chi connectivity index (χ1n) is 8.01. The smallest absolute Gasteiger partial charge is 0.0771 e. The topological polar surface area (TPSA) is 32.3 Å². The minimum atomic E-state index is -0.470. The highest BCUT2D eigenvalue weighted by molar-refractivity contribution is 5.15. The predicted octanol–water partition coefficient (Wildman–Crippen LogP) is 3.68. The van der Waals surface area contributed by atoms with E-state index in [4.69, 9.17) is 0 Å². The molecule has 20 heavy (non-hydrogen) atoms. The fourth-order valence-electron chi connectivity index (χ4n) is 2.98. The van der Waals surface area contributed by atoms with Crippen molar-refractivity contribution in [2.75, 3.05) is 6.54 Å². The first-order valence-corrected chi connectivity index (χ1v) is 8.01. The molecule has 2 nitrogen and oxygen atoms in total. The first-order chi connectivity index (χ1) is 9.49. The molecular weight excluding hydrogens is 246 g/mol. The summed E-state index contributed by atoms with van der Waals surface area (Å²) in [5.74, 6) is 0. The molecule has 0 aliphatic heterocycles. The lowest BCUT2D eigenvalue weighted by atomic mass is 9.84. The Bertz CT molecular complexity index is 393. The van der Waals surface area contributed by atoms with Crippen molar-refractivity contribution >= 4 is 0 Å². The summed E-state index contributed by atoms with van der Waals surface area (Å²) in [6, 6.07) is 10.6. The zero-order chi connectivity index (χ0) is 14.5. The molecule has 2 heteroatoms. The summed E-state index contributed by atoms with van der Waals surface area (Å²) < 4.78 is 0. The number of aryl methyl sites for hydroxylation is 1. The third-order valence-electron chi connectivity index (χ3n) is 4.56. The summed E-state index contributed by atoms with van der Waals surface area (Å²) in [5, 5.41) is 14.1. The van der Waals surface area contributed by atoms with E-state index in [1.54, 1.807) is 0 Å². The van der Waals surface area contributed by atoms with Crippen molar-refractivity contribution in [1.29, 1.82) is 0 Å². The van der Waals surface area contributed by atoms with E-state index in [2.05, 4.69) is 49.5 Å².